The van der Waals surface area contributed by atoms with Gasteiger partial charge in [-0.25, -0.2) is 4.98 Å². The van der Waals surface area contributed by atoms with Crippen LogP contribution >= 0.6 is 0 Å². The molecule has 0 unspecified atom stereocenters. The molecule has 0 aliphatic heterocycles. The van der Waals surface area contributed by atoms with Crippen LogP contribution in [0, 0.1) is 6.92 Å². The maximum absolute atomic E-state index is 5.91. The number of hydrogen-bond donors (Lipinski definition) is 1. The van der Waals surface area contributed by atoms with Crippen molar-refractivity contribution in [1.29, 1.82) is 0 Å². The third-order valence-electron chi connectivity index (χ3n) is 4.83. The third-order valence-corrected chi connectivity index (χ3v) is 4.83. The second-order valence-electron chi connectivity index (χ2n) is 6.98. The quantitative estimate of drug-likeness (QED) is 0.427. The topological polar surface area (TPSA) is 58.1 Å². The van der Waals surface area contributed by atoms with Gasteiger partial charge in [-0.15, -0.1) is 0 Å². The van der Waals surface area contributed by atoms with Crippen molar-refractivity contribution < 1.29 is 4.42 Å². The Labute approximate surface area is 164 Å². The molecule has 28 heavy (non-hydrogen) atoms. The van der Waals surface area contributed by atoms with Crippen LogP contribution in [0.2, 0.25) is 0 Å². The standard InChI is InChI=1S/C22H25N5O/c1-16-7-6-12-27-14-18(25-21(16)27)10-11-24-22(23-2)26(3)15-19-13-17-8-4-5-9-20(17)28-19/h4-9,12-14H,10-11,15H2,1-3H3,(H,23,24). The summed E-state index contributed by atoms with van der Waals surface area (Å²) in [5.74, 6) is 1.75. The second kappa shape index (κ2) is 7.76. The number of pyridine rings is 1. The summed E-state index contributed by atoms with van der Waals surface area (Å²) in [4.78, 5) is 11.2. The van der Waals surface area contributed by atoms with E-state index in [9.17, 15) is 0 Å². The molecular formula is C22H25N5O. The van der Waals surface area contributed by atoms with Crippen molar-refractivity contribution in [3.8, 4) is 0 Å². The molecule has 0 saturated heterocycles. The molecule has 3 heterocycles. The largest absolute Gasteiger partial charge is 0.459 e. The van der Waals surface area contributed by atoms with E-state index in [0.717, 1.165) is 47.0 Å². The van der Waals surface area contributed by atoms with Crippen LogP contribution in [-0.4, -0.2) is 40.9 Å². The number of nitrogens with zero attached hydrogens (tertiary/aromatic N) is 4. The van der Waals surface area contributed by atoms with Gasteiger partial charge in [0.25, 0.3) is 0 Å². The molecule has 0 atom stereocenters. The lowest BCUT2D eigenvalue weighted by Gasteiger charge is -2.20. The summed E-state index contributed by atoms with van der Waals surface area (Å²) in [6, 6.07) is 14.3. The van der Waals surface area contributed by atoms with Crippen molar-refractivity contribution in [1.82, 2.24) is 19.6 Å². The number of nitrogens with one attached hydrogen (secondary N) is 1. The van der Waals surface area contributed by atoms with Crippen molar-refractivity contribution in [3.05, 3.63) is 71.9 Å². The highest BCUT2D eigenvalue weighted by atomic mass is 16.3. The van der Waals surface area contributed by atoms with E-state index in [4.69, 9.17) is 9.40 Å². The van der Waals surface area contributed by atoms with Gasteiger partial charge in [0.05, 0.1) is 12.2 Å². The summed E-state index contributed by atoms with van der Waals surface area (Å²) in [6.45, 7) is 3.50. The fourth-order valence-corrected chi connectivity index (χ4v) is 3.44. The minimum atomic E-state index is 0.655. The number of furan rings is 1. The Morgan fingerprint density at radius 3 is 2.89 bits per heavy atom. The lowest BCUT2D eigenvalue weighted by molar-refractivity contribution is 0.413. The second-order valence-corrected chi connectivity index (χ2v) is 6.98. The number of hydrogen-bond acceptors (Lipinski definition) is 3. The zero-order chi connectivity index (χ0) is 19.5. The first-order valence-electron chi connectivity index (χ1n) is 9.46. The van der Waals surface area contributed by atoms with Gasteiger partial charge in [-0.05, 0) is 30.7 Å². The SMILES string of the molecule is CN=C(NCCc1cn2cccc(C)c2n1)N(C)Cc1cc2ccccc2o1. The molecule has 4 rings (SSSR count). The number of imidazole rings is 1. The van der Waals surface area contributed by atoms with Gasteiger partial charge in [0.15, 0.2) is 5.96 Å². The molecule has 0 spiro atoms. The zero-order valence-corrected chi connectivity index (χ0v) is 16.5. The number of benzene rings is 1. The van der Waals surface area contributed by atoms with Crippen LogP contribution in [0.4, 0.5) is 0 Å². The first-order chi connectivity index (χ1) is 13.6. The summed E-state index contributed by atoms with van der Waals surface area (Å²) in [5, 5.41) is 4.54. The molecule has 1 aromatic carbocycles. The average Bonchev–Trinajstić information content (AvgIpc) is 3.29. The Morgan fingerprint density at radius 1 is 1.25 bits per heavy atom. The first kappa shape index (κ1) is 18.1. The molecule has 0 saturated carbocycles. The number of aryl methyl sites for hydroxylation is 1. The van der Waals surface area contributed by atoms with Crippen LogP contribution in [0.15, 0.2) is 64.3 Å². The number of aromatic nitrogens is 2. The number of para-hydroxylation sites is 1. The van der Waals surface area contributed by atoms with E-state index in [-0.39, 0.29) is 0 Å². The van der Waals surface area contributed by atoms with Crippen LogP contribution in [0.25, 0.3) is 16.6 Å². The Hall–Kier alpha value is -3.28. The Balaban J connectivity index is 1.36. The summed E-state index contributed by atoms with van der Waals surface area (Å²) in [7, 11) is 3.81. The van der Waals surface area contributed by atoms with Crippen LogP contribution in [0.3, 0.4) is 0 Å². The zero-order valence-electron chi connectivity index (χ0n) is 16.5. The minimum absolute atomic E-state index is 0.655. The number of guanidine groups is 1. The van der Waals surface area contributed by atoms with E-state index in [1.54, 1.807) is 7.05 Å². The van der Waals surface area contributed by atoms with Gasteiger partial charge in [0, 0.05) is 44.8 Å². The lowest BCUT2D eigenvalue weighted by atomic mass is 10.2. The summed E-state index contributed by atoms with van der Waals surface area (Å²) >= 11 is 0. The van der Waals surface area contributed by atoms with Gasteiger partial charge in [0.1, 0.15) is 17.0 Å². The monoisotopic (exact) mass is 375 g/mol. The molecule has 0 fully saturated rings. The van der Waals surface area contributed by atoms with Crippen molar-refractivity contribution in [2.45, 2.75) is 19.9 Å². The van der Waals surface area contributed by atoms with E-state index in [1.165, 1.54) is 5.56 Å². The van der Waals surface area contributed by atoms with Crippen molar-refractivity contribution in [2.75, 3.05) is 20.6 Å². The molecule has 0 radical (unpaired) electrons. The minimum Gasteiger partial charge on any atom is -0.459 e. The molecule has 3 aromatic heterocycles. The van der Waals surface area contributed by atoms with E-state index < -0.39 is 0 Å². The maximum atomic E-state index is 5.91. The van der Waals surface area contributed by atoms with E-state index in [2.05, 4.69) is 50.9 Å². The molecule has 0 amide bonds. The predicted octanol–water partition coefficient (Wildman–Crippen LogP) is 3.64. The van der Waals surface area contributed by atoms with Crippen LogP contribution < -0.4 is 5.32 Å². The molecule has 0 aliphatic carbocycles. The lowest BCUT2D eigenvalue weighted by Crippen LogP contribution is -2.39. The summed E-state index contributed by atoms with van der Waals surface area (Å²) in [5.41, 5.74) is 4.18. The average molecular weight is 375 g/mol. The predicted molar refractivity (Wildman–Crippen MR) is 113 cm³/mol. The molecule has 6 nitrogen and oxygen atoms in total. The van der Waals surface area contributed by atoms with Crippen molar-refractivity contribution >= 4 is 22.6 Å². The Bertz CT molecular complexity index is 1090. The summed E-state index contributed by atoms with van der Waals surface area (Å²) < 4.78 is 7.99. The van der Waals surface area contributed by atoms with Gasteiger partial charge in [-0.2, -0.15) is 0 Å². The molecule has 0 aliphatic rings. The van der Waals surface area contributed by atoms with E-state index in [0.29, 0.717) is 6.54 Å². The van der Waals surface area contributed by atoms with E-state index in [1.807, 2.05) is 37.5 Å². The highest BCUT2D eigenvalue weighted by molar-refractivity contribution is 5.80. The van der Waals surface area contributed by atoms with Gasteiger partial charge in [-0.1, -0.05) is 24.3 Å². The van der Waals surface area contributed by atoms with Crippen LogP contribution in [0.1, 0.15) is 17.0 Å². The van der Waals surface area contributed by atoms with E-state index >= 15 is 0 Å². The van der Waals surface area contributed by atoms with Gasteiger partial charge in [-0.3, -0.25) is 4.99 Å². The molecular weight excluding hydrogens is 350 g/mol. The molecule has 144 valence electrons. The maximum Gasteiger partial charge on any atom is 0.193 e. The normalized spacial score (nSPS) is 12.0. The molecule has 0 bridgehead atoms. The van der Waals surface area contributed by atoms with Crippen molar-refractivity contribution in [2.24, 2.45) is 4.99 Å². The van der Waals surface area contributed by atoms with Gasteiger partial charge >= 0.3 is 0 Å². The smallest absolute Gasteiger partial charge is 0.193 e. The fourth-order valence-electron chi connectivity index (χ4n) is 3.44. The molecule has 6 heteroatoms. The highest BCUT2D eigenvalue weighted by Gasteiger charge is 2.11. The number of aliphatic imine (C=N–C) groups is 1. The molecule has 4 aromatic rings. The van der Waals surface area contributed by atoms with Crippen molar-refractivity contribution in [3.63, 3.8) is 0 Å². The Kier molecular flexibility index (Phi) is 5.02. The third kappa shape index (κ3) is 3.71. The summed E-state index contributed by atoms with van der Waals surface area (Å²) in [6.07, 6.45) is 4.95. The van der Waals surface area contributed by atoms with Crippen LogP contribution in [0.5, 0.6) is 0 Å². The van der Waals surface area contributed by atoms with Gasteiger partial charge in [0.2, 0.25) is 0 Å². The Morgan fingerprint density at radius 2 is 2.11 bits per heavy atom. The first-order valence-corrected chi connectivity index (χ1v) is 9.46. The fraction of sp³-hybridized carbons (Fsp3) is 0.273. The number of rotatable bonds is 5. The number of fused-ring (bicyclic) bond motifs is 2. The molecule has 1 N–H and O–H groups in total. The van der Waals surface area contributed by atoms with Crippen LogP contribution in [-0.2, 0) is 13.0 Å². The van der Waals surface area contributed by atoms with Gasteiger partial charge < -0.3 is 19.0 Å². The highest BCUT2D eigenvalue weighted by Crippen LogP contribution is 2.19.